The predicted octanol–water partition coefficient (Wildman–Crippen LogP) is 5.28. The molecule has 2 atom stereocenters. The van der Waals surface area contributed by atoms with Crippen molar-refractivity contribution in [1.82, 2.24) is 25.0 Å². The molecule has 0 bridgehead atoms. The number of carbonyl (C=O) groups excluding carboxylic acids is 2. The molecular formula is C33H32ClN7O4. The summed E-state index contributed by atoms with van der Waals surface area (Å²) in [5.41, 5.74) is 0.997. The van der Waals surface area contributed by atoms with Gasteiger partial charge in [0.2, 0.25) is 5.96 Å². The van der Waals surface area contributed by atoms with Gasteiger partial charge in [-0.05, 0) is 52.8 Å². The summed E-state index contributed by atoms with van der Waals surface area (Å²) >= 11 is 6.48. The van der Waals surface area contributed by atoms with E-state index in [9.17, 15) is 20.0 Å². The number of rotatable bonds is 8. The number of hydrogen-bond donors (Lipinski definition) is 2. The van der Waals surface area contributed by atoms with Crippen LogP contribution in [0.25, 0.3) is 5.69 Å². The second-order valence-corrected chi connectivity index (χ2v) is 12.3. The van der Waals surface area contributed by atoms with Crippen molar-refractivity contribution in [3.05, 3.63) is 113 Å². The van der Waals surface area contributed by atoms with Gasteiger partial charge in [-0.15, -0.1) is 4.99 Å². The van der Waals surface area contributed by atoms with Crippen LogP contribution in [0.15, 0.2) is 90.4 Å². The maximum Gasteiger partial charge on any atom is 0.437 e. The van der Waals surface area contributed by atoms with Crippen LogP contribution in [0.1, 0.15) is 55.5 Å². The maximum absolute atomic E-state index is 14.8. The molecule has 1 unspecified atom stereocenters. The molecule has 1 aliphatic heterocycles. The summed E-state index contributed by atoms with van der Waals surface area (Å²) < 4.78 is 6.92. The van der Waals surface area contributed by atoms with Gasteiger partial charge in [-0.2, -0.15) is 10.4 Å². The second-order valence-electron chi connectivity index (χ2n) is 11.9. The summed E-state index contributed by atoms with van der Waals surface area (Å²) in [6.07, 6.45) is 2.23. The van der Waals surface area contributed by atoms with Gasteiger partial charge in [0.25, 0.3) is 5.91 Å². The molecule has 1 saturated heterocycles. The summed E-state index contributed by atoms with van der Waals surface area (Å²) in [4.78, 5) is 37.4. The lowest BCUT2D eigenvalue weighted by Gasteiger charge is -2.34. The molecule has 45 heavy (non-hydrogen) atoms. The molecule has 3 aromatic carbocycles. The number of halogens is 1. The van der Waals surface area contributed by atoms with E-state index in [-0.39, 0.29) is 18.0 Å². The number of hydrogen-bond acceptors (Lipinski definition) is 7. The van der Waals surface area contributed by atoms with Gasteiger partial charge in [0.1, 0.15) is 24.8 Å². The van der Waals surface area contributed by atoms with Crippen LogP contribution in [0, 0.1) is 16.7 Å². The van der Waals surface area contributed by atoms with Gasteiger partial charge in [0.15, 0.2) is 0 Å². The first-order valence-electron chi connectivity index (χ1n) is 14.2. The molecular weight excluding hydrogens is 594 g/mol. The average molecular weight is 626 g/mol. The number of nitriles is 1. The van der Waals surface area contributed by atoms with E-state index in [1.165, 1.54) is 22.2 Å². The number of aliphatic imine (C=N–C) groups is 1. The Hall–Kier alpha value is -5.05. The molecule has 12 heteroatoms. The SMILES string of the molecule is CC(C)(C)C[C@]1(c2ccc(C#N)cc2)NC(=NC(=O)OCc2ccccc2)N(C(CO)c2ccc(Cl)c(-n3cncn3)c2)C1=O. The Balaban J connectivity index is 1.62. The zero-order valence-electron chi connectivity index (χ0n) is 25.0. The van der Waals surface area contributed by atoms with E-state index in [1.807, 2.05) is 51.1 Å². The number of amides is 2. The smallest absolute Gasteiger partial charge is 0.437 e. The minimum atomic E-state index is -1.39. The molecule has 2 heterocycles. The number of aliphatic hydroxyl groups is 1. The number of guanidine groups is 1. The third-order valence-electron chi connectivity index (χ3n) is 7.35. The first kappa shape index (κ1) is 31.4. The van der Waals surface area contributed by atoms with Gasteiger partial charge >= 0.3 is 6.09 Å². The number of aliphatic hydroxyl groups excluding tert-OH is 1. The largest absolute Gasteiger partial charge is 0.443 e. The van der Waals surface area contributed by atoms with Gasteiger partial charge in [0, 0.05) is 0 Å². The Bertz CT molecular complexity index is 1750. The highest BCUT2D eigenvalue weighted by Crippen LogP contribution is 2.42. The summed E-state index contributed by atoms with van der Waals surface area (Å²) in [7, 11) is 0. The van der Waals surface area contributed by atoms with Gasteiger partial charge < -0.3 is 15.2 Å². The number of nitrogens with zero attached hydrogens (tertiary/aromatic N) is 6. The van der Waals surface area contributed by atoms with Crippen LogP contribution in [-0.4, -0.2) is 49.3 Å². The Kier molecular flexibility index (Phi) is 8.99. The van der Waals surface area contributed by atoms with Crippen LogP contribution >= 0.6 is 11.6 Å². The van der Waals surface area contributed by atoms with E-state index >= 15 is 0 Å². The normalized spacial score (nSPS) is 18.0. The molecule has 5 rings (SSSR count). The third-order valence-corrected chi connectivity index (χ3v) is 7.67. The van der Waals surface area contributed by atoms with Crippen molar-refractivity contribution in [2.45, 2.75) is 45.4 Å². The molecule has 1 fully saturated rings. The standard InChI is InChI=1S/C33H32ClN7O4/c1-32(2,3)19-33(25-12-9-22(16-35)10-13-25)29(43)41(30(39-33)38-31(44)45-18-23-7-5-4-6-8-23)28(17-42)24-11-14-26(34)27(15-24)40-21-36-20-37-40/h4-15,20-21,28,42H,17-19H2,1-3H3,(H,38,39,44)/t28?,33-/m1/s1. The molecule has 1 aromatic heterocycles. The number of benzene rings is 3. The molecule has 1 aliphatic rings. The lowest BCUT2D eigenvalue weighted by Crippen LogP contribution is -2.47. The summed E-state index contributed by atoms with van der Waals surface area (Å²) in [5, 5.41) is 28.0. The molecule has 0 spiro atoms. The van der Waals surface area contributed by atoms with E-state index in [4.69, 9.17) is 16.3 Å². The predicted molar refractivity (Wildman–Crippen MR) is 167 cm³/mol. The molecule has 4 aromatic rings. The van der Waals surface area contributed by atoms with E-state index in [0.29, 0.717) is 33.8 Å². The van der Waals surface area contributed by atoms with Gasteiger partial charge in [-0.3, -0.25) is 9.69 Å². The minimum absolute atomic E-state index is 0.0188. The summed E-state index contributed by atoms with van der Waals surface area (Å²) in [5.74, 6) is -0.518. The zero-order chi connectivity index (χ0) is 32.2. The lowest BCUT2D eigenvalue weighted by atomic mass is 9.75. The minimum Gasteiger partial charge on any atom is -0.443 e. The van der Waals surface area contributed by atoms with Crippen LogP contribution in [-0.2, 0) is 21.7 Å². The van der Waals surface area contributed by atoms with Crippen molar-refractivity contribution in [1.29, 1.82) is 5.26 Å². The van der Waals surface area contributed by atoms with Crippen molar-refractivity contribution >= 4 is 29.6 Å². The number of nitrogens with one attached hydrogen (secondary N) is 1. The number of carbonyl (C=O) groups is 2. The fourth-order valence-electron chi connectivity index (χ4n) is 5.44. The van der Waals surface area contributed by atoms with Crippen molar-refractivity contribution in [2.24, 2.45) is 10.4 Å². The molecule has 11 nitrogen and oxygen atoms in total. The van der Waals surface area contributed by atoms with Crippen LogP contribution in [0.3, 0.4) is 0 Å². The van der Waals surface area contributed by atoms with Crippen molar-refractivity contribution in [2.75, 3.05) is 6.61 Å². The van der Waals surface area contributed by atoms with Crippen LogP contribution in [0.4, 0.5) is 4.79 Å². The Morgan fingerprint density at radius 2 is 1.89 bits per heavy atom. The van der Waals surface area contributed by atoms with E-state index in [1.54, 1.807) is 42.5 Å². The van der Waals surface area contributed by atoms with Gasteiger partial charge in [-0.1, -0.05) is 80.9 Å². The molecule has 2 N–H and O–H groups in total. The fraction of sp³-hybridized carbons (Fsp3) is 0.273. The van der Waals surface area contributed by atoms with Gasteiger partial charge in [0.05, 0.1) is 35.0 Å². The number of aromatic nitrogens is 3. The summed E-state index contributed by atoms with van der Waals surface area (Å²) in [6, 6.07) is 22.0. The van der Waals surface area contributed by atoms with Crippen molar-refractivity contribution in [3.63, 3.8) is 0 Å². The van der Waals surface area contributed by atoms with Crippen LogP contribution in [0.2, 0.25) is 5.02 Å². The molecule has 0 saturated carbocycles. The highest BCUT2D eigenvalue weighted by atomic mass is 35.5. The van der Waals surface area contributed by atoms with E-state index in [2.05, 4.69) is 26.5 Å². The quantitative estimate of drug-likeness (QED) is 0.269. The van der Waals surface area contributed by atoms with Gasteiger partial charge in [-0.25, -0.2) is 14.5 Å². The first-order chi connectivity index (χ1) is 21.5. The Labute approximate surface area is 265 Å². The van der Waals surface area contributed by atoms with Crippen LogP contribution in [0.5, 0.6) is 0 Å². The fourth-order valence-corrected chi connectivity index (χ4v) is 5.64. The van der Waals surface area contributed by atoms with E-state index in [0.717, 1.165) is 5.56 Å². The molecule has 2 amide bonds. The number of ether oxygens (including phenoxy) is 1. The second kappa shape index (κ2) is 12.9. The average Bonchev–Trinajstić information content (AvgIpc) is 3.65. The Morgan fingerprint density at radius 1 is 1.16 bits per heavy atom. The highest BCUT2D eigenvalue weighted by Gasteiger charge is 2.55. The molecule has 0 radical (unpaired) electrons. The molecule has 0 aliphatic carbocycles. The topological polar surface area (TPSA) is 146 Å². The first-order valence-corrected chi connectivity index (χ1v) is 14.6. The van der Waals surface area contributed by atoms with Crippen molar-refractivity contribution < 1.29 is 19.4 Å². The monoisotopic (exact) mass is 625 g/mol. The zero-order valence-corrected chi connectivity index (χ0v) is 25.8. The Morgan fingerprint density at radius 3 is 2.51 bits per heavy atom. The third kappa shape index (κ3) is 6.72. The summed E-state index contributed by atoms with van der Waals surface area (Å²) in [6.45, 7) is 5.45. The van der Waals surface area contributed by atoms with Crippen LogP contribution < -0.4 is 5.32 Å². The highest BCUT2D eigenvalue weighted by molar-refractivity contribution is 6.32. The molecule has 230 valence electrons. The van der Waals surface area contributed by atoms with Crippen molar-refractivity contribution in [3.8, 4) is 11.8 Å². The maximum atomic E-state index is 14.8. The lowest BCUT2D eigenvalue weighted by molar-refractivity contribution is -0.134. The van der Waals surface area contributed by atoms with E-state index < -0.39 is 30.2 Å².